The predicted molar refractivity (Wildman–Crippen MR) is 74.9 cm³/mol. The first kappa shape index (κ1) is 16.2. The lowest BCUT2D eigenvalue weighted by molar-refractivity contribution is -0.166. The van der Waals surface area contributed by atoms with Gasteiger partial charge in [-0.2, -0.15) is 0 Å². The van der Waals surface area contributed by atoms with Gasteiger partial charge in [0.25, 0.3) is 5.91 Å². The summed E-state index contributed by atoms with van der Waals surface area (Å²) in [5.41, 5.74) is -1.77. The normalized spacial score (nSPS) is 18.6. The molecule has 22 heavy (non-hydrogen) atoms. The van der Waals surface area contributed by atoms with Gasteiger partial charge in [-0.15, -0.1) is 0 Å². The van der Waals surface area contributed by atoms with E-state index in [9.17, 15) is 19.1 Å². The van der Waals surface area contributed by atoms with Gasteiger partial charge in [0.1, 0.15) is 11.6 Å². The number of amides is 1. The molecule has 0 aliphatic carbocycles. The number of benzene rings is 1. The second-order valence-electron chi connectivity index (χ2n) is 5.38. The number of carboxylic acid groups (broad SMARTS) is 1. The van der Waals surface area contributed by atoms with Crippen LogP contribution in [0.3, 0.4) is 0 Å². The Labute approximate surface area is 127 Å². The Morgan fingerprint density at radius 2 is 2.00 bits per heavy atom. The molecule has 1 saturated heterocycles. The highest BCUT2D eigenvalue weighted by Crippen LogP contribution is 2.23. The van der Waals surface area contributed by atoms with Crippen LogP contribution in [0.25, 0.3) is 0 Å². The van der Waals surface area contributed by atoms with E-state index in [0.717, 1.165) is 0 Å². The summed E-state index contributed by atoms with van der Waals surface area (Å²) in [6.45, 7) is 1.82. The van der Waals surface area contributed by atoms with Crippen LogP contribution in [0.5, 0.6) is 5.75 Å². The molecule has 7 heteroatoms. The fraction of sp³-hybridized carbons (Fsp3) is 0.467. The topological polar surface area (TPSA) is 87.1 Å². The minimum absolute atomic E-state index is 0.0270. The summed E-state index contributed by atoms with van der Waals surface area (Å²) in [6.07, 6.45) is -0.876. The zero-order valence-corrected chi connectivity index (χ0v) is 12.2. The molecule has 1 unspecified atom stereocenters. The molecule has 1 aromatic carbocycles. The van der Waals surface area contributed by atoms with Crippen molar-refractivity contribution in [1.82, 2.24) is 4.90 Å². The van der Waals surface area contributed by atoms with Crippen molar-refractivity contribution in [3.63, 3.8) is 0 Å². The number of carboxylic acids is 1. The van der Waals surface area contributed by atoms with Crippen LogP contribution in [0.15, 0.2) is 24.3 Å². The summed E-state index contributed by atoms with van der Waals surface area (Å²) < 4.78 is 18.5. The van der Waals surface area contributed by atoms with Gasteiger partial charge in [-0.25, -0.2) is 9.18 Å². The van der Waals surface area contributed by atoms with Gasteiger partial charge in [0.05, 0.1) is 0 Å². The Kier molecular flexibility index (Phi) is 4.65. The van der Waals surface area contributed by atoms with E-state index < -0.39 is 23.5 Å². The van der Waals surface area contributed by atoms with Crippen LogP contribution in [0.4, 0.5) is 4.39 Å². The summed E-state index contributed by atoms with van der Waals surface area (Å²) in [5.74, 6) is -1.80. The molecule has 2 rings (SSSR count). The summed E-state index contributed by atoms with van der Waals surface area (Å²) >= 11 is 0. The molecule has 1 aromatic rings. The van der Waals surface area contributed by atoms with Gasteiger partial charge in [-0.05, 0) is 19.1 Å². The van der Waals surface area contributed by atoms with Gasteiger partial charge < -0.3 is 19.8 Å². The number of ether oxygens (including phenoxy) is 1. The van der Waals surface area contributed by atoms with Crippen molar-refractivity contribution in [3.05, 3.63) is 30.1 Å². The first-order chi connectivity index (χ1) is 10.3. The van der Waals surface area contributed by atoms with Crippen molar-refractivity contribution in [1.29, 1.82) is 0 Å². The van der Waals surface area contributed by atoms with Crippen LogP contribution in [0.1, 0.15) is 19.8 Å². The van der Waals surface area contributed by atoms with E-state index >= 15 is 0 Å². The number of halogens is 1. The second-order valence-corrected chi connectivity index (χ2v) is 5.38. The Morgan fingerprint density at radius 3 is 2.55 bits per heavy atom. The third kappa shape index (κ3) is 3.54. The number of likely N-dealkylation sites (tertiary alicyclic amines) is 1. The number of nitrogens with zero attached hydrogens (tertiary/aromatic N) is 1. The number of carbonyl (C=O) groups excluding carboxylic acids is 1. The number of hydrogen-bond donors (Lipinski definition) is 2. The number of piperidine rings is 1. The maximum atomic E-state index is 13.1. The average molecular weight is 311 g/mol. The number of rotatable bonds is 4. The van der Waals surface area contributed by atoms with Crippen LogP contribution < -0.4 is 4.74 Å². The Balaban J connectivity index is 1.93. The molecule has 1 fully saturated rings. The first-order valence-corrected chi connectivity index (χ1v) is 6.98. The Hall–Kier alpha value is -2.15. The van der Waals surface area contributed by atoms with Crippen LogP contribution >= 0.6 is 0 Å². The quantitative estimate of drug-likeness (QED) is 0.867. The van der Waals surface area contributed by atoms with Gasteiger partial charge in [-0.1, -0.05) is 6.07 Å². The van der Waals surface area contributed by atoms with E-state index in [1.54, 1.807) is 13.0 Å². The third-order valence-corrected chi connectivity index (χ3v) is 3.76. The molecule has 1 atom stereocenters. The molecule has 0 spiro atoms. The summed E-state index contributed by atoms with van der Waals surface area (Å²) in [7, 11) is 0. The molecule has 0 saturated carbocycles. The van der Waals surface area contributed by atoms with Crippen molar-refractivity contribution in [3.8, 4) is 5.75 Å². The maximum absolute atomic E-state index is 13.1. The van der Waals surface area contributed by atoms with Crippen molar-refractivity contribution >= 4 is 11.9 Å². The van der Waals surface area contributed by atoms with Gasteiger partial charge >= 0.3 is 5.97 Å². The maximum Gasteiger partial charge on any atom is 0.335 e. The molecule has 0 aromatic heterocycles. The average Bonchev–Trinajstić information content (AvgIpc) is 2.47. The highest BCUT2D eigenvalue weighted by atomic mass is 19.1. The first-order valence-electron chi connectivity index (χ1n) is 6.98. The fourth-order valence-corrected chi connectivity index (χ4v) is 2.36. The molecular formula is C15H18FNO5. The van der Waals surface area contributed by atoms with Crippen molar-refractivity contribution < 1.29 is 28.9 Å². The zero-order chi connectivity index (χ0) is 16.3. The lowest BCUT2D eigenvalue weighted by Crippen LogP contribution is -2.53. The number of aliphatic hydroxyl groups is 1. The molecular weight excluding hydrogens is 293 g/mol. The Morgan fingerprint density at radius 1 is 1.36 bits per heavy atom. The van der Waals surface area contributed by atoms with Gasteiger partial charge in [0, 0.05) is 32.0 Å². The van der Waals surface area contributed by atoms with Crippen LogP contribution in [-0.4, -0.2) is 51.8 Å². The molecule has 120 valence electrons. The number of hydrogen-bond acceptors (Lipinski definition) is 4. The summed E-state index contributed by atoms with van der Waals surface area (Å²) in [6, 6.07) is 5.49. The second kappa shape index (κ2) is 6.31. The Bertz CT molecular complexity index is 569. The highest BCUT2D eigenvalue weighted by molar-refractivity contribution is 5.82. The van der Waals surface area contributed by atoms with E-state index in [2.05, 4.69) is 0 Å². The van der Waals surface area contributed by atoms with E-state index in [4.69, 9.17) is 9.84 Å². The molecule has 1 aliphatic heterocycles. The molecule has 1 amide bonds. The van der Waals surface area contributed by atoms with E-state index in [1.807, 2.05) is 0 Å². The van der Waals surface area contributed by atoms with Crippen molar-refractivity contribution in [2.24, 2.45) is 0 Å². The molecule has 2 N–H and O–H groups in total. The minimum Gasteiger partial charge on any atom is -0.481 e. The van der Waals surface area contributed by atoms with Crippen LogP contribution in [-0.2, 0) is 9.59 Å². The largest absolute Gasteiger partial charge is 0.481 e. The molecule has 1 aliphatic rings. The minimum atomic E-state index is -1.77. The zero-order valence-electron chi connectivity index (χ0n) is 12.2. The molecule has 0 bridgehead atoms. The van der Waals surface area contributed by atoms with Crippen molar-refractivity contribution in [2.45, 2.75) is 31.5 Å². The van der Waals surface area contributed by atoms with Gasteiger partial charge in [0.2, 0.25) is 0 Å². The molecule has 0 radical (unpaired) electrons. The van der Waals surface area contributed by atoms with Crippen LogP contribution in [0.2, 0.25) is 0 Å². The van der Waals surface area contributed by atoms with E-state index in [-0.39, 0.29) is 37.6 Å². The molecule has 6 nitrogen and oxygen atoms in total. The third-order valence-electron chi connectivity index (χ3n) is 3.76. The standard InChI is InChI=1S/C15H18FNO5/c1-10(22-12-4-2-3-11(16)9-12)13(18)17-7-5-15(21,6-8-17)14(19)20/h2-4,9-10,21H,5-8H2,1H3,(H,19,20). The smallest absolute Gasteiger partial charge is 0.335 e. The van der Waals surface area contributed by atoms with Gasteiger partial charge in [0.15, 0.2) is 11.7 Å². The monoisotopic (exact) mass is 311 g/mol. The van der Waals surface area contributed by atoms with E-state index in [1.165, 1.54) is 23.1 Å². The molecule has 1 heterocycles. The van der Waals surface area contributed by atoms with E-state index in [0.29, 0.717) is 0 Å². The lowest BCUT2D eigenvalue weighted by atomic mass is 9.91. The lowest BCUT2D eigenvalue weighted by Gasteiger charge is -2.36. The van der Waals surface area contributed by atoms with Crippen molar-refractivity contribution in [2.75, 3.05) is 13.1 Å². The summed E-state index contributed by atoms with van der Waals surface area (Å²) in [4.78, 5) is 24.6. The van der Waals surface area contributed by atoms with Gasteiger partial charge in [-0.3, -0.25) is 4.79 Å². The number of carbonyl (C=O) groups is 2. The SMILES string of the molecule is CC(Oc1cccc(F)c1)C(=O)N1CCC(O)(C(=O)O)CC1. The van der Waals surface area contributed by atoms with Crippen LogP contribution in [0, 0.1) is 5.82 Å². The predicted octanol–water partition coefficient (Wildman–Crippen LogP) is 1.03. The summed E-state index contributed by atoms with van der Waals surface area (Å²) in [5, 5.41) is 18.8. The highest BCUT2D eigenvalue weighted by Gasteiger charge is 2.41. The number of aliphatic carboxylic acids is 1. The fourth-order valence-electron chi connectivity index (χ4n) is 2.36.